The van der Waals surface area contributed by atoms with Crippen molar-refractivity contribution in [1.82, 2.24) is 10.2 Å². The second kappa shape index (κ2) is 9.82. The zero-order valence-electron chi connectivity index (χ0n) is 18.1. The highest BCUT2D eigenvalue weighted by atomic mass is 16.6. The Kier molecular flexibility index (Phi) is 7.70. The molecule has 1 fully saturated rings. The summed E-state index contributed by atoms with van der Waals surface area (Å²) in [7, 11) is 1.52. The number of hydrogen-bond donors (Lipinski definition) is 3. The standard InChI is InChI=1S/C22H32N2O6/c1-22(2,3)30-21(29)23-16-9-7-15(8-10-16)19(26)24(4)18(20(27)28)13-14-5-11-17(25)12-6-14/h5-6,11-12,15-16,18,25H,7-10,13H2,1-4H3,(H,23,29)(H,27,28)/t15-,16-,18?. The van der Waals surface area contributed by atoms with Crippen molar-refractivity contribution in [3.8, 4) is 5.75 Å². The van der Waals surface area contributed by atoms with Gasteiger partial charge in [0.15, 0.2) is 0 Å². The van der Waals surface area contributed by atoms with Crippen LogP contribution in [0.2, 0.25) is 0 Å². The van der Waals surface area contributed by atoms with Crippen molar-refractivity contribution in [1.29, 1.82) is 0 Å². The Hall–Kier alpha value is -2.77. The molecule has 1 atom stereocenters. The number of carbonyl (C=O) groups is 3. The number of benzene rings is 1. The molecule has 2 amide bonds. The van der Waals surface area contributed by atoms with Crippen molar-refractivity contribution in [3.05, 3.63) is 29.8 Å². The number of nitrogens with one attached hydrogen (secondary N) is 1. The van der Waals surface area contributed by atoms with Gasteiger partial charge in [0.05, 0.1) is 0 Å². The molecule has 0 bridgehead atoms. The van der Waals surface area contributed by atoms with Gasteiger partial charge < -0.3 is 25.2 Å². The third-order valence-electron chi connectivity index (χ3n) is 5.26. The van der Waals surface area contributed by atoms with Crippen LogP contribution in [0.5, 0.6) is 5.75 Å². The van der Waals surface area contributed by atoms with Gasteiger partial charge in [-0.2, -0.15) is 0 Å². The van der Waals surface area contributed by atoms with Gasteiger partial charge in [0.25, 0.3) is 0 Å². The number of hydrogen-bond acceptors (Lipinski definition) is 5. The smallest absolute Gasteiger partial charge is 0.407 e. The topological polar surface area (TPSA) is 116 Å². The second-order valence-electron chi connectivity index (χ2n) is 8.87. The van der Waals surface area contributed by atoms with E-state index in [0.717, 1.165) is 5.56 Å². The molecule has 1 aliphatic rings. The van der Waals surface area contributed by atoms with Crippen LogP contribution in [0, 0.1) is 5.92 Å². The van der Waals surface area contributed by atoms with E-state index in [1.807, 2.05) is 0 Å². The Morgan fingerprint density at radius 3 is 2.20 bits per heavy atom. The molecule has 0 aromatic heterocycles. The molecule has 8 nitrogen and oxygen atoms in total. The third kappa shape index (κ3) is 6.93. The van der Waals surface area contributed by atoms with Gasteiger partial charge in [-0.15, -0.1) is 0 Å². The average Bonchev–Trinajstić information content (AvgIpc) is 2.65. The van der Waals surface area contributed by atoms with Crippen LogP contribution in [0.1, 0.15) is 52.0 Å². The molecule has 3 N–H and O–H groups in total. The van der Waals surface area contributed by atoms with Crippen LogP contribution < -0.4 is 5.32 Å². The summed E-state index contributed by atoms with van der Waals surface area (Å²) >= 11 is 0. The first-order valence-electron chi connectivity index (χ1n) is 10.2. The minimum Gasteiger partial charge on any atom is -0.508 e. The number of phenolic OH excluding ortho intramolecular Hbond substituents is 1. The van der Waals surface area contributed by atoms with Crippen molar-refractivity contribution in [3.63, 3.8) is 0 Å². The molecule has 1 saturated carbocycles. The summed E-state index contributed by atoms with van der Waals surface area (Å²) < 4.78 is 5.27. The van der Waals surface area contributed by atoms with Crippen LogP contribution in [0.3, 0.4) is 0 Å². The predicted molar refractivity (Wildman–Crippen MR) is 111 cm³/mol. The Morgan fingerprint density at radius 1 is 1.13 bits per heavy atom. The molecule has 8 heteroatoms. The molecule has 0 heterocycles. The molecule has 1 aromatic rings. The Balaban J connectivity index is 1.91. The summed E-state index contributed by atoms with van der Waals surface area (Å²) in [5, 5.41) is 21.9. The fourth-order valence-electron chi connectivity index (χ4n) is 3.65. The van der Waals surface area contributed by atoms with Crippen molar-refractivity contribution in [2.24, 2.45) is 5.92 Å². The highest BCUT2D eigenvalue weighted by molar-refractivity contribution is 5.85. The maximum atomic E-state index is 12.9. The maximum Gasteiger partial charge on any atom is 0.407 e. The molecule has 0 spiro atoms. The number of likely N-dealkylation sites (N-methyl/N-ethyl adjacent to an activating group) is 1. The largest absolute Gasteiger partial charge is 0.508 e. The molecule has 30 heavy (non-hydrogen) atoms. The van der Waals surface area contributed by atoms with Crippen LogP contribution in [0.25, 0.3) is 0 Å². The monoisotopic (exact) mass is 420 g/mol. The lowest BCUT2D eigenvalue weighted by Crippen LogP contribution is -2.48. The van der Waals surface area contributed by atoms with Crippen molar-refractivity contribution in [2.75, 3.05) is 7.05 Å². The number of aliphatic carboxylic acids is 1. The Bertz CT molecular complexity index is 748. The van der Waals surface area contributed by atoms with Crippen LogP contribution in [0.4, 0.5) is 4.79 Å². The van der Waals surface area contributed by atoms with Crippen molar-refractivity contribution >= 4 is 18.0 Å². The van der Waals surface area contributed by atoms with Gasteiger partial charge in [0.1, 0.15) is 17.4 Å². The first-order valence-corrected chi connectivity index (χ1v) is 10.2. The molecule has 0 aliphatic heterocycles. The van der Waals surface area contributed by atoms with E-state index in [1.54, 1.807) is 32.9 Å². The quantitative estimate of drug-likeness (QED) is 0.652. The van der Waals surface area contributed by atoms with Gasteiger partial charge >= 0.3 is 12.1 Å². The molecule has 1 unspecified atom stereocenters. The van der Waals surface area contributed by atoms with E-state index >= 15 is 0 Å². The Morgan fingerprint density at radius 2 is 1.70 bits per heavy atom. The van der Waals surface area contributed by atoms with E-state index < -0.39 is 23.7 Å². The minimum absolute atomic E-state index is 0.0542. The number of aromatic hydroxyl groups is 1. The number of phenols is 1. The van der Waals surface area contributed by atoms with Gasteiger partial charge in [-0.3, -0.25) is 4.79 Å². The highest BCUT2D eigenvalue weighted by Crippen LogP contribution is 2.27. The zero-order chi connectivity index (χ0) is 22.5. The number of alkyl carbamates (subject to hydrolysis) is 1. The number of carboxylic acid groups (broad SMARTS) is 1. The summed E-state index contributed by atoms with van der Waals surface area (Å²) in [4.78, 5) is 37.9. The molecular weight excluding hydrogens is 388 g/mol. The van der Waals surface area contributed by atoms with E-state index in [-0.39, 0.29) is 30.0 Å². The molecule has 0 saturated heterocycles. The summed E-state index contributed by atoms with van der Waals surface area (Å²) in [5.41, 5.74) is 0.161. The van der Waals surface area contributed by atoms with Crippen molar-refractivity contribution < 1.29 is 29.3 Å². The molecule has 2 rings (SSSR count). The SMILES string of the molecule is CN(C(=O)[C@H]1CC[C@H](NC(=O)OC(C)(C)C)CC1)C(Cc1ccc(O)cc1)C(=O)O. The molecule has 0 radical (unpaired) electrons. The summed E-state index contributed by atoms with van der Waals surface area (Å²) in [6.45, 7) is 5.40. The second-order valence-corrected chi connectivity index (χ2v) is 8.87. The number of nitrogens with zero attached hydrogens (tertiary/aromatic N) is 1. The number of carboxylic acids is 1. The lowest BCUT2D eigenvalue weighted by Gasteiger charge is -2.33. The lowest BCUT2D eigenvalue weighted by molar-refractivity contribution is -0.151. The molecule has 166 valence electrons. The number of rotatable bonds is 6. The summed E-state index contributed by atoms with van der Waals surface area (Å²) in [5.74, 6) is -1.43. The molecule has 1 aromatic carbocycles. The average molecular weight is 421 g/mol. The van der Waals surface area contributed by atoms with Crippen LogP contribution in [-0.2, 0) is 20.7 Å². The third-order valence-corrected chi connectivity index (χ3v) is 5.26. The first kappa shape index (κ1) is 23.5. The molecule has 1 aliphatic carbocycles. The highest BCUT2D eigenvalue weighted by Gasteiger charge is 2.34. The van der Waals surface area contributed by atoms with Gasteiger partial charge in [0, 0.05) is 25.4 Å². The van der Waals surface area contributed by atoms with E-state index in [9.17, 15) is 24.6 Å². The first-order chi connectivity index (χ1) is 14.0. The van der Waals surface area contributed by atoms with E-state index in [0.29, 0.717) is 25.7 Å². The lowest BCUT2D eigenvalue weighted by atomic mass is 9.85. The van der Waals surface area contributed by atoms with Gasteiger partial charge in [-0.1, -0.05) is 12.1 Å². The van der Waals surface area contributed by atoms with Crippen LogP contribution in [-0.4, -0.2) is 57.8 Å². The van der Waals surface area contributed by atoms with Crippen molar-refractivity contribution in [2.45, 2.75) is 70.6 Å². The predicted octanol–water partition coefficient (Wildman–Crippen LogP) is 2.93. The fraction of sp³-hybridized carbons (Fsp3) is 0.591. The van der Waals surface area contributed by atoms with Crippen LogP contribution in [0.15, 0.2) is 24.3 Å². The Labute approximate surface area is 177 Å². The fourth-order valence-corrected chi connectivity index (χ4v) is 3.65. The van der Waals surface area contributed by atoms with E-state index in [1.165, 1.54) is 24.1 Å². The minimum atomic E-state index is -1.07. The number of amides is 2. The maximum absolute atomic E-state index is 12.9. The molecular formula is C22H32N2O6. The van der Waals surface area contributed by atoms with Gasteiger partial charge in [-0.25, -0.2) is 9.59 Å². The zero-order valence-corrected chi connectivity index (χ0v) is 18.1. The summed E-state index contributed by atoms with van der Waals surface area (Å²) in [6.07, 6.45) is 2.13. The van der Waals surface area contributed by atoms with E-state index in [2.05, 4.69) is 5.32 Å². The van der Waals surface area contributed by atoms with Gasteiger partial charge in [0.2, 0.25) is 5.91 Å². The number of carbonyl (C=O) groups excluding carboxylic acids is 2. The normalized spacial score (nSPS) is 20.1. The number of ether oxygens (including phenoxy) is 1. The van der Waals surface area contributed by atoms with E-state index in [4.69, 9.17) is 4.74 Å². The van der Waals surface area contributed by atoms with Crippen LogP contribution >= 0.6 is 0 Å². The van der Waals surface area contributed by atoms with Gasteiger partial charge in [-0.05, 0) is 64.2 Å². The summed E-state index contributed by atoms with van der Waals surface area (Å²) in [6, 6.07) is 5.25.